The lowest BCUT2D eigenvalue weighted by atomic mass is 10.1. The summed E-state index contributed by atoms with van der Waals surface area (Å²) in [7, 11) is 1.43. The van der Waals surface area contributed by atoms with Crippen LogP contribution in [0, 0.1) is 5.82 Å². The molecule has 120 valence electrons. The van der Waals surface area contributed by atoms with Gasteiger partial charge < -0.3 is 14.8 Å². The lowest BCUT2D eigenvalue weighted by molar-refractivity contribution is -0.0390. The molecule has 3 atom stereocenters. The van der Waals surface area contributed by atoms with Crippen LogP contribution in [0.3, 0.4) is 0 Å². The van der Waals surface area contributed by atoms with Gasteiger partial charge in [-0.25, -0.2) is 4.39 Å². The van der Waals surface area contributed by atoms with Crippen LogP contribution in [0.2, 0.25) is 0 Å². The zero-order valence-electron chi connectivity index (χ0n) is 12.8. The molecule has 1 aromatic carbocycles. The first-order chi connectivity index (χ1) is 10.6. The van der Waals surface area contributed by atoms with Gasteiger partial charge in [0.05, 0.1) is 19.8 Å². The summed E-state index contributed by atoms with van der Waals surface area (Å²) in [5, 5.41) is 2.93. The highest BCUT2D eigenvalue weighted by atomic mass is 19.1. The van der Waals surface area contributed by atoms with E-state index in [1.165, 1.54) is 19.2 Å². The van der Waals surface area contributed by atoms with Gasteiger partial charge in [-0.3, -0.25) is 9.69 Å². The molecule has 2 aliphatic heterocycles. The monoisotopic (exact) mass is 308 g/mol. The molecule has 1 N–H and O–H groups in total. The van der Waals surface area contributed by atoms with E-state index in [4.69, 9.17) is 9.47 Å². The summed E-state index contributed by atoms with van der Waals surface area (Å²) in [5.74, 6) is -0.733. The van der Waals surface area contributed by atoms with Crippen LogP contribution in [0.4, 0.5) is 4.39 Å². The van der Waals surface area contributed by atoms with Crippen molar-refractivity contribution in [1.82, 2.24) is 10.2 Å². The summed E-state index contributed by atoms with van der Waals surface area (Å²) < 4.78 is 24.7. The van der Waals surface area contributed by atoms with E-state index in [9.17, 15) is 9.18 Å². The summed E-state index contributed by atoms with van der Waals surface area (Å²) in [6.07, 6.45) is 1.05. The number of fused-ring (bicyclic) bond motifs is 1. The molecule has 0 spiro atoms. The molecular weight excluding hydrogens is 287 g/mol. The van der Waals surface area contributed by atoms with Gasteiger partial charge in [-0.15, -0.1) is 0 Å². The average molecular weight is 308 g/mol. The second-order valence-electron chi connectivity index (χ2n) is 5.97. The van der Waals surface area contributed by atoms with E-state index in [0.717, 1.165) is 19.5 Å². The van der Waals surface area contributed by atoms with Crippen molar-refractivity contribution in [3.8, 4) is 5.75 Å². The van der Waals surface area contributed by atoms with Crippen LogP contribution in [-0.2, 0) is 4.74 Å². The molecule has 2 saturated heterocycles. The van der Waals surface area contributed by atoms with E-state index in [1.807, 2.05) is 6.92 Å². The highest BCUT2D eigenvalue weighted by Gasteiger charge is 2.37. The van der Waals surface area contributed by atoms with Gasteiger partial charge in [0.1, 0.15) is 17.1 Å². The third kappa shape index (κ3) is 2.94. The van der Waals surface area contributed by atoms with Crippen LogP contribution in [0.1, 0.15) is 23.7 Å². The van der Waals surface area contributed by atoms with E-state index < -0.39 is 11.7 Å². The van der Waals surface area contributed by atoms with E-state index in [2.05, 4.69) is 10.2 Å². The maximum absolute atomic E-state index is 13.9. The number of carbonyl (C=O) groups is 1. The van der Waals surface area contributed by atoms with Crippen molar-refractivity contribution >= 4 is 5.91 Å². The van der Waals surface area contributed by atoms with Crippen LogP contribution in [-0.4, -0.2) is 55.8 Å². The van der Waals surface area contributed by atoms with Crippen molar-refractivity contribution in [3.05, 3.63) is 29.6 Å². The number of nitrogens with one attached hydrogen (secondary N) is 1. The Morgan fingerprint density at radius 2 is 2.27 bits per heavy atom. The third-order valence-electron chi connectivity index (χ3n) is 4.35. The predicted molar refractivity (Wildman–Crippen MR) is 79.6 cm³/mol. The molecule has 0 aliphatic carbocycles. The van der Waals surface area contributed by atoms with Gasteiger partial charge in [-0.2, -0.15) is 0 Å². The largest absolute Gasteiger partial charge is 0.496 e. The Hall–Kier alpha value is -1.66. The number of amides is 1. The Kier molecular flexibility index (Phi) is 4.31. The Balaban J connectivity index is 1.68. The molecule has 1 amide bonds. The molecule has 2 fully saturated rings. The number of rotatable bonds is 3. The van der Waals surface area contributed by atoms with Crippen LogP contribution in [0.5, 0.6) is 5.75 Å². The van der Waals surface area contributed by atoms with Gasteiger partial charge in [0.2, 0.25) is 0 Å². The summed E-state index contributed by atoms with van der Waals surface area (Å²) in [6.45, 7) is 4.39. The molecular formula is C16H21FN2O3. The van der Waals surface area contributed by atoms with E-state index >= 15 is 0 Å². The smallest absolute Gasteiger partial charge is 0.258 e. The molecule has 0 bridgehead atoms. The Labute approximate surface area is 129 Å². The lowest BCUT2D eigenvalue weighted by Gasteiger charge is -2.33. The van der Waals surface area contributed by atoms with E-state index in [0.29, 0.717) is 12.6 Å². The van der Waals surface area contributed by atoms with Gasteiger partial charge >= 0.3 is 0 Å². The van der Waals surface area contributed by atoms with Crippen molar-refractivity contribution in [2.75, 3.05) is 26.8 Å². The number of nitrogens with zero attached hydrogens (tertiary/aromatic N) is 1. The molecule has 1 aromatic rings. The Bertz CT molecular complexity index is 566. The molecule has 6 heteroatoms. The SMILES string of the molecule is COc1cccc(F)c1C(=O)N[C@H]1C[C@H]2CO[C@H](C)CN2C1. The van der Waals surface area contributed by atoms with Crippen LogP contribution >= 0.6 is 0 Å². The summed E-state index contributed by atoms with van der Waals surface area (Å²) in [4.78, 5) is 14.7. The van der Waals surface area contributed by atoms with Crippen molar-refractivity contribution in [1.29, 1.82) is 0 Å². The van der Waals surface area contributed by atoms with Crippen molar-refractivity contribution in [2.24, 2.45) is 0 Å². The Morgan fingerprint density at radius 1 is 1.45 bits per heavy atom. The molecule has 0 radical (unpaired) electrons. The fourth-order valence-corrected chi connectivity index (χ4v) is 3.30. The minimum absolute atomic E-state index is 0.00992. The van der Waals surface area contributed by atoms with Gasteiger partial charge in [0.25, 0.3) is 5.91 Å². The minimum Gasteiger partial charge on any atom is -0.496 e. The summed E-state index contributed by atoms with van der Waals surface area (Å²) in [6, 6.07) is 4.73. The third-order valence-corrected chi connectivity index (χ3v) is 4.35. The molecule has 0 unspecified atom stereocenters. The minimum atomic E-state index is -0.565. The molecule has 3 rings (SSSR count). The number of methoxy groups -OCH3 is 1. The maximum atomic E-state index is 13.9. The standard InChI is InChI=1S/C16H21FN2O3/c1-10-7-19-8-11(6-12(19)9-22-10)18-16(20)15-13(17)4-3-5-14(15)21-2/h3-5,10-12H,6-9H2,1-2H3,(H,18,20)/t10-,11+,12+/m1/s1. The zero-order valence-corrected chi connectivity index (χ0v) is 12.8. The number of hydrogen-bond donors (Lipinski definition) is 1. The molecule has 2 heterocycles. The van der Waals surface area contributed by atoms with Crippen molar-refractivity contribution < 1.29 is 18.7 Å². The fourth-order valence-electron chi connectivity index (χ4n) is 3.30. The van der Waals surface area contributed by atoms with Crippen LogP contribution in [0.15, 0.2) is 18.2 Å². The average Bonchev–Trinajstić information content (AvgIpc) is 2.87. The molecule has 0 saturated carbocycles. The first kappa shape index (κ1) is 15.2. The summed E-state index contributed by atoms with van der Waals surface area (Å²) >= 11 is 0. The number of ether oxygens (including phenoxy) is 2. The molecule has 22 heavy (non-hydrogen) atoms. The lowest BCUT2D eigenvalue weighted by Crippen LogP contribution is -2.45. The number of carbonyl (C=O) groups excluding carboxylic acids is 1. The normalized spacial score (nSPS) is 28.2. The number of halogens is 1. The van der Waals surface area contributed by atoms with Crippen molar-refractivity contribution in [3.63, 3.8) is 0 Å². The van der Waals surface area contributed by atoms with Gasteiger partial charge in [0, 0.05) is 25.2 Å². The van der Waals surface area contributed by atoms with E-state index in [-0.39, 0.29) is 23.5 Å². The first-order valence-electron chi connectivity index (χ1n) is 7.57. The fraction of sp³-hybridized carbons (Fsp3) is 0.562. The van der Waals surface area contributed by atoms with Crippen molar-refractivity contribution in [2.45, 2.75) is 31.5 Å². The Morgan fingerprint density at radius 3 is 3.05 bits per heavy atom. The van der Waals surface area contributed by atoms with E-state index in [1.54, 1.807) is 6.07 Å². The second-order valence-corrected chi connectivity index (χ2v) is 5.97. The number of hydrogen-bond acceptors (Lipinski definition) is 4. The molecule has 2 aliphatic rings. The van der Waals surface area contributed by atoms with Gasteiger partial charge in [-0.1, -0.05) is 6.07 Å². The summed E-state index contributed by atoms with van der Waals surface area (Å²) in [5.41, 5.74) is -0.0283. The zero-order chi connectivity index (χ0) is 15.7. The quantitative estimate of drug-likeness (QED) is 0.918. The topological polar surface area (TPSA) is 50.8 Å². The number of morpholine rings is 1. The molecule has 0 aromatic heterocycles. The van der Waals surface area contributed by atoms with Crippen LogP contribution in [0.25, 0.3) is 0 Å². The van der Waals surface area contributed by atoms with Gasteiger partial charge in [-0.05, 0) is 25.5 Å². The highest BCUT2D eigenvalue weighted by molar-refractivity contribution is 5.97. The maximum Gasteiger partial charge on any atom is 0.258 e. The number of benzene rings is 1. The van der Waals surface area contributed by atoms with Gasteiger partial charge in [0.15, 0.2) is 0 Å². The first-order valence-corrected chi connectivity index (χ1v) is 7.57. The van der Waals surface area contributed by atoms with Crippen LogP contribution < -0.4 is 10.1 Å². The second kappa shape index (κ2) is 6.22. The molecule has 5 nitrogen and oxygen atoms in total. The predicted octanol–water partition coefficient (Wildman–Crippen LogP) is 1.43. The highest BCUT2D eigenvalue weighted by Crippen LogP contribution is 2.25.